The molecule has 0 fully saturated rings. The molecule has 21 heavy (non-hydrogen) atoms. The van der Waals surface area contributed by atoms with Crippen LogP contribution in [0.15, 0.2) is 11.8 Å². The van der Waals surface area contributed by atoms with Crippen LogP contribution < -0.4 is 0 Å². The van der Waals surface area contributed by atoms with Crippen LogP contribution in [0.1, 0.15) is 27.7 Å². The van der Waals surface area contributed by atoms with Crippen molar-refractivity contribution in [2.24, 2.45) is 5.92 Å². The van der Waals surface area contributed by atoms with Gasteiger partial charge in [-0.15, -0.1) is 0 Å². The molecule has 0 amide bonds. The van der Waals surface area contributed by atoms with E-state index in [-0.39, 0.29) is 17.6 Å². The lowest BCUT2D eigenvalue weighted by atomic mass is 10.0. The van der Waals surface area contributed by atoms with Gasteiger partial charge in [-0.25, -0.2) is 4.79 Å². The highest BCUT2D eigenvalue weighted by Crippen LogP contribution is 2.38. The summed E-state index contributed by atoms with van der Waals surface area (Å²) in [4.78, 5) is 11.4. The van der Waals surface area contributed by atoms with Crippen LogP contribution in [0.25, 0.3) is 0 Å². The summed E-state index contributed by atoms with van der Waals surface area (Å²) in [7, 11) is 0.786. The van der Waals surface area contributed by atoms with E-state index in [0.717, 1.165) is 0 Å². The highest BCUT2D eigenvalue weighted by atomic mass is 28.4. The normalized spacial score (nSPS) is 16.3. The van der Waals surface area contributed by atoms with Gasteiger partial charge < -0.3 is 19.0 Å². The molecule has 0 saturated carbocycles. The fourth-order valence-corrected chi connectivity index (χ4v) is 2.98. The minimum Gasteiger partial charge on any atom is -0.500 e. The average Bonchev–Trinajstić information content (AvgIpc) is 2.39. The molecule has 0 aromatic carbocycles. The van der Waals surface area contributed by atoms with Gasteiger partial charge >= 0.3 is 5.97 Å². The van der Waals surface area contributed by atoms with Crippen LogP contribution in [-0.2, 0) is 18.7 Å². The van der Waals surface area contributed by atoms with Crippen molar-refractivity contribution in [2.75, 3.05) is 20.8 Å². The average molecular weight is 318 g/mol. The predicted molar refractivity (Wildman–Crippen MR) is 85.4 cm³/mol. The summed E-state index contributed by atoms with van der Waals surface area (Å²) in [6.07, 6.45) is 0.879. The zero-order chi connectivity index (χ0) is 16.8. The molecule has 0 aromatic heterocycles. The van der Waals surface area contributed by atoms with E-state index in [4.69, 9.17) is 9.16 Å². The van der Waals surface area contributed by atoms with Gasteiger partial charge in [0.05, 0.1) is 33.0 Å². The summed E-state index contributed by atoms with van der Waals surface area (Å²) in [5, 5.41) is 9.70. The first-order valence-electron chi connectivity index (χ1n) is 7.12. The first kappa shape index (κ1) is 20.1. The van der Waals surface area contributed by atoms with Crippen molar-refractivity contribution in [3.63, 3.8) is 0 Å². The summed E-state index contributed by atoms with van der Waals surface area (Å²) in [6.45, 7) is 12.4. The van der Waals surface area contributed by atoms with Crippen LogP contribution >= 0.6 is 0 Å². The van der Waals surface area contributed by atoms with Gasteiger partial charge in [0.1, 0.15) is 5.76 Å². The first-order valence-corrected chi connectivity index (χ1v) is 10.0. The van der Waals surface area contributed by atoms with E-state index in [1.807, 2.05) is 6.92 Å². The molecule has 0 bridgehead atoms. The number of rotatable bonds is 7. The lowest BCUT2D eigenvalue weighted by Crippen LogP contribution is -2.47. The second-order valence-corrected chi connectivity index (χ2v) is 11.4. The molecule has 0 spiro atoms. The van der Waals surface area contributed by atoms with Crippen LogP contribution in [-0.4, -0.2) is 46.3 Å². The molecule has 0 rings (SSSR count). The topological polar surface area (TPSA) is 65.0 Å². The zero-order valence-electron chi connectivity index (χ0n) is 14.5. The van der Waals surface area contributed by atoms with Crippen LogP contribution in [0, 0.1) is 5.92 Å². The second kappa shape index (κ2) is 7.96. The SMILES string of the molecule is COC(=O)/C=C(\OC)[C@H](C)[C@H](CO)O[Si](C)(C)C(C)(C)C. The smallest absolute Gasteiger partial charge is 0.333 e. The van der Waals surface area contributed by atoms with E-state index >= 15 is 0 Å². The van der Waals surface area contributed by atoms with Crippen LogP contribution in [0.5, 0.6) is 0 Å². The lowest BCUT2D eigenvalue weighted by molar-refractivity contribution is -0.135. The van der Waals surface area contributed by atoms with E-state index in [0.29, 0.717) is 5.76 Å². The number of ether oxygens (including phenoxy) is 2. The highest BCUT2D eigenvalue weighted by molar-refractivity contribution is 6.74. The van der Waals surface area contributed by atoms with Gasteiger partial charge in [0.15, 0.2) is 8.32 Å². The Morgan fingerprint density at radius 1 is 1.24 bits per heavy atom. The van der Waals surface area contributed by atoms with Crippen molar-refractivity contribution in [3.8, 4) is 0 Å². The van der Waals surface area contributed by atoms with Crippen molar-refractivity contribution >= 4 is 14.3 Å². The minimum absolute atomic E-state index is 0.0411. The largest absolute Gasteiger partial charge is 0.500 e. The van der Waals surface area contributed by atoms with E-state index < -0.39 is 20.4 Å². The predicted octanol–water partition coefficient (Wildman–Crippen LogP) is 2.71. The van der Waals surface area contributed by atoms with Gasteiger partial charge in [0.25, 0.3) is 0 Å². The molecular formula is C15H30O5Si. The molecule has 6 heteroatoms. The Bertz CT molecular complexity index is 371. The molecular weight excluding hydrogens is 288 g/mol. The van der Waals surface area contributed by atoms with Crippen molar-refractivity contribution in [2.45, 2.75) is 51.9 Å². The van der Waals surface area contributed by atoms with Gasteiger partial charge in [-0.2, -0.15) is 0 Å². The third-order valence-corrected chi connectivity index (χ3v) is 8.64. The molecule has 0 aliphatic carbocycles. The standard InChI is InChI=1S/C15H30O5Si/c1-11(12(18-5)9-14(17)19-6)13(10-16)20-21(7,8)15(2,3)4/h9,11,13,16H,10H2,1-8H3/b12-9-/t11-,13-/m0/s1. The molecule has 0 aliphatic rings. The fourth-order valence-electron chi connectivity index (χ4n) is 1.59. The van der Waals surface area contributed by atoms with Gasteiger partial charge in [-0.3, -0.25) is 0 Å². The number of hydrogen-bond donors (Lipinski definition) is 1. The zero-order valence-corrected chi connectivity index (χ0v) is 15.5. The Kier molecular flexibility index (Phi) is 7.64. The number of hydrogen-bond acceptors (Lipinski definition) is 5. The van der Waals surface area contributed by atoms with Gasteiger partial charge in [-0.05, 0) is 18.1 Å². The Hall–Kier alpha value is -0.853. The number of carbonyl (C=O) groups is 1. The van der Waals surface area contributed by atoms with E-state index in [1.165, 1.54) is 20.3 Å². The highest BCUT2D eigenvalue weighted by Gasteiger charge is 2.40. The third kappa shape index (κ3) is 5.80. The molecule has 0 radical (unpaired) electrons. The molecule has 0 heterocycles. The van der Waals surface area contributed by atoms with E-state index in [9.17, 15) is 9.90 Å². The fraction of sp³-hybridized carbons (Fsp3) is 0.800. The number of aliphatic hydroxyl groups excluding tert-OH is 1. The second-order valence-electron chi connectivity index (χ2n) is 6.66. The molecule has 5 nitrogen and oxygen atoms in total. The third-order valence-electron chi connectivity index (χ3n) is 4.14. The maximum absolute atomic E-state index is 11.4. The van der Waals surface area contributed by atoms with Crippen molar-refractivity contribution in [1.82, 2.24) is 0 Å². The van der Waals surface area contributed by atoms with Crippen LogP contribution in [0.3, 0.4) is 0 Å². The van der Waals surface area contributed by atoms with Crippen molar-refractivity contribution < 1.29 is 23.8 Å². The molecule has 0 aromatic rings. The number of aliphatic hydroxyl groups is 1. The van der Waals surface area contributed by atoms with Crippen molar-refractivity contribution in [3.05, 3.63) is 11.8 Å². The van der Waals surface area contributed by atoms with E-state index in [1.54, 1.807) is 0 Å². The number of methoxy groups -OCH3 is 2. The molecule has 0 aliphatic heterocycles. The maximum atomic E-state index is 11.4. The molecule has 2 atom stereocenters. The van der Waals surface area contributed by atoms with Gasteiger partial charge in [-0.1, -0.05) is 27.7 Å². The lowest BCUT2D eigenvalue weighted by Gasteiger charge is -2.40. The summed E-state index contributed by atoms with van der Waals surface area (Å²) < 4.78 is 16.1. The van der Waals surface area contributed by atoms with E-state index in [2.05, 4.69) is 38.6 Å². The minimum atomic E-state index is -2.02. The first-order chi connectivity index (χ1) is 9.50. The quantitative estimate of drug-likeness (QED) is 0.338. The van der Waals surface area contributed by atoms with Gasteiger partial charge in [0.2, 0.25) is 0 Å². The molecule has 124 valence electrons. The summed E-state index contributed by atoms with van der Waals surface area (Å²) >= 11 is 0. The maximum Gasteiger partial charge on any atom is 0.333 e. The number of carbonyl (C=O) groups excluding carboxylic acids is 1. The van der Waals surface area contributed by atoms with Crippen LogP contribution in [0.2, 0.25) is 18.1 Å². The Morgan fingerprint density at radius 2 is 1.76 bits per heavy atom. The van der Waals surface area contributed by atoms with Gasteiger partial charge in [0, 0.05) is 5.92 Å². The summed E-state index contributed by atoms with van der Waals surface area (Å²) in [5.41, 5.74) is 0. The summed E-state index contributed by atoms with van der Waals surface area (Å²) in [6, 6.07) is 0. The Labute approximate surface area is 129 Å². The van der Waals surface area contributed by atoms with Crippen molar-refractivity contribution in [1.29, 1.82) is 0 Å². The van der Waals surface area contributed by atoms with Crippen LogP contribution in [0.4, 0.5) is 0 Å². The molecule has 0 saturated heterocycles. The molecule has 1 N–H and O–H groups in total. The molecule has 0 unspecified atom stereocenters. The Morgan fingerprint density at radius 3 is 2.10 bits per heavy atom. The monoisotopic (exact) mass is 318 g/mol. The Balaban J connectivity index is 5.19. The summed E-state index contributed by atoms with van der Waals surface area (Å²) in [5.74, 6) is -0.282. The number of esters is 1.